The van der Waals surface area contributed by atoms with Crippen LogP contribution in [0.4, 0.5) is 5.69 Å². The van der Waals surface area contributed by atoms with Crippen molar-refractivity contribution in [3.63, 3.8) is 0 Å². The van der Waals surface area contributed by atoms with E-state index in [2.05, 4.69) is 15.2 Å². The largest absolute Gasteiger partial charge is 0.493 e. The molecule has 1 amide bonds. The number of hydrogen-bond acceptors (Lipinski definition) is 4. The van der Waals surface area contributed by atoms with Gasteiger partial charge in [-0.2, -0.15) is 0 Å². The minimum Gasteiger partial charge on any atom is -0.493 e. The summed E-state index contributed by atoms with van der Waals surface area (Å²) in [6.07, 6.45) is 0. The van der Waals surface area contributed by atoms with E-state index in [1.165, 1.54) is 0 Å². The van der Waals surface area contributed by atoms with Gasteiger partial charge < -0.3 is 14.8 Å². The fourth-order valence-corrected chi connectivity index (χ4v) is 2.37. The van der Waals surface area contributed by atoms with Crippen molar-refractivity contribution in [2.45, 2.75) is 13.8 Å². The number of ether oxygens (including phenoxy) is 1. The van der Waals surface area contributed by atoms with E-state index in [-0.39, 0.29) is 18.2 Å². The Labute approximate surface area is 138 Å². The van der Waals surface area contributed by atoms with Gasteiger partial charge in [0.2, 0.25) is 5.88 Å². The number of aryl methyl sites for hydroxylation is 2. The molecule has 0 atom stereocenters. The Bertz CT molecular complexity index is 928. The fourth-order valence-electron chi connectivity index (χ4n) is 2.37. The number of nitrogens with one attached hydrogen (secondary N) is 1. The molecule has 0 spiro atoms. The molecule has 2 N–H and O–H groups in total. The van der Waals surface area contributed by atoms with Crippen molar-refractivity contribution in [1.82, 2.24) is 4.98 Å². The van der Waals surface area contributed by atoms with Gasteiger partial charge in [0.05, 0.1) is 5.52 Å². The summed E-state index contributed by atoms with van der Waals surface area (Å²) in [5.41, 5.74) is 2.94. The highest BCUT2D eigenvalue weighted by molar-refractivity contribution is 5.94. The van der Waals surface area contributed by atoms with Crippen LogP contribution in [0.1, 0.15) is 11.1 Å². The lowest BCUT2D eigenvalue weighted by molar-refractivity contribution is -0.120. The summed E-state index contributed by atoms with van der Waals surface area (Å²) in [6, 6.07) is 13.0. The van der Waals surface area contributed by atoms with Crippen LogP contribution in [0.2, 0.25) is 0 Å². The van der Waals surface area contributed by atoms with E-state index < -0.39 is 5.91 Å². The first-order valence-corrected chi connectivity index (χ1v) is 7.49. The van der Waals surface area contributed by atoms with Gasteiger partial charge in [-0.05, 0) is 37.6 Å². The van der Waals surface area contributed by atoms with Gasteiger partial charge in [0.1, 0.15) is 5.75 Å². The second-order valence-corrected chi connectivity index (χ2v) is 5.52. The number of benzene rings is 2. The number of para-hydroxylation sites is 1. The van der Waals surface area contributed by atoms with Gasteiger partial charge in [-0.25, -0.2) is 0 Å². The Morgan fingerprint density at radius 1 is 1.21 bits per heavy atom. The molecule has 6 nitrogen and oxygen atoms in total. The number of carbonyl (C=O) groups excluding carboxylic acids is 1. The third-order valence-corrected chi connectivity index (χ3v) is 3.61. The molecule has 0 aliphatic heterocycles. The third-order valence-electron chi connectivity index (χ3n) is 3.61. The van der Waals surface area contributed by atoms with E-state index in [1.54, 1.807) is 6.07 Å². The van der Waals surface area contributed by atoms with E-state index in [9.17, 15) is 9.90 Å². The summed E-state index contributed by atoms with van der Waals surface area (Å²) in [7, 11) is 0. The molecule has 3 rings (SSSR count). The maximum Gasteiger partial charge on any atom is 0.302 e. The van der Waals surface area contributed by atoms with Gasteiger partial charge in [-0.15, -0.1) is 10.2 Å². The molecule has 0 aliphatic rings. The number of H-pyrrole nitrogens is 1. The quantitative estimate of drug-likeness (QED) is 0.706. The predicted molar refractivity (Wildman–Crippen MR) is 90.9 cm³/mol. The number of aromatic amines is 1. The normalized spacial score (nSPS) is 11.2. The van der Waals surface area contributed by atoms with Crippen LogP contribution in [0, 0.1) is 13.8 Å². The fraction of sp³-hybridized carbons (Fsp3) is 0.167. The molecule has 6 heteroatoms. The van der Waals surface area contributed by atoms with Crippen molar-refractivity contribution in [3.8, 4) is 11.6 Å². The van der Waals surface area contributed by atoms with Crippen LogP contribution in [0.5, 0.6) is 11.6 Å². The number of nitrogens with zero attached hydrogens (tertiary/aromatic N) is 2. The standard InChI is InChI=1S/C18H17N3O3/c1-11-7-8-14-13(9-11)17(18(23)19-14)21-20-16(22)10-24-15-6-4-3-5-12(15)2/h3-9,19,23H,10H2,1-2H3. The highest BCUT2D eigenvalue weighted by atomic mass is 16.5. The maximum atomic E-state index is 11.9. The van der Waals surface area contributed by atoms with E-state index in [4.69, 9.17) is 4.74 Å². The molecule has 0 radical (unpaired) electrons. The highest BCUT2D eigenvalue weighted by Gasteiger charge is 2.11. The number of carbonyl (C=O) groups is 1. The lowest BCUT2D eigenvalue weighted by Gasteiger charge is -2.05. The lowest BCUT2D eigenvalue weighted by Crippen LogP contribution is -2.08. The van der Waals surface area contributed by atoms with Gasteiger partial charge in [0, 0.05) is 5.39 Å². The molecule has 1 aromatic heterocycles. The monoisotopic (exact) mass is 323 g/mol. The molecule has 1 heterocycles. The molecule has 24 heavy (non-hydrogen) atoms. The van der Waals surface area contributed by atoms with Gasteiger partial charge in [-0.3, -0.25) is 4.79 Å². The molecule has 0 bridgehead atoms. The Kier molecular flexibility index (Phi) is 4.29. The zero-order valence-electron chi connectivity index (χ0n) is 13.4. The van der Waals surface area contributed by atoms with Crippen LogP contribution in [-0.2, 0) is 4.79 Å². The summed E-state index contributed by atoms with van der Waals surface area (Å²) >= 11 is 0. The average molecular weight is 323 g/mol. The first-order chi connectivity index (χ1) is 11.5. The first kappa shape index (κ1) is 15.7. The Hall–Kier alpha value is -3.15. The average Bonchev–Trinajstić information content (AvgIpc) is 2.87. The molecular formula is C18H17N3O3. The Morgan fingerprint density at radius 3 is 2.79 bits per heavy atom. The van der Waals surface area contributed by atoms with Gasteiger partial charge in [0.15, 0.2) is 12.3 Å². The highest BCUT2D eigenvalue weighted by Crippen LogP contribution is 2.35. The Morgan fingerprint density at radius 2 is 2.00 bits per heavy atom. The van der Waals surface area contributed by atoms with Crippen LogP contribution >= 0.6 is 0 Å². The lowest BCUT2D eigenvalue weighted by atomic mass is 10.2. The molecule has 0 aliphatic carbocycles. The number of fused-ring (bicyclic) bond motifs is 1. The number of rotatable bonds is 4. The topological polar surface area (TPSA) is 87.0 Å². The van der Waals surface area contributed by atoms with Crippen LogP contribution in [0.15, 0.2) is 52.7 Å². The first-order valence-electron chi connectivity index (χ1n) is 7.49. The summed E-state index contributed by atoms with van der Waals surface area (Å²) in [5.74, 6) is -0.0155. The zero-order valence-corrected chi connectivity index (χ0v) is 13.4. The molecule has 122 valence electrons. The molecular weight excluding hydrogens is 306 g/mol. The molecule has 0 saturated heterocycles. The van der Waals surface area contributed by atoms with Crippen LogP contribution in [0.25, 0.3) is 10.9 Å². The Balaban J connectivity index is 1.74. The summed E-state index contributed by atoms with van der Waals surface area (Å²) < 4.78 is 5.43. The van der Waals surface area contributed by atoms with Crippen molar-refractivity contribution in [2.75, 3.05) is 6.61 Å². The number of amides is 1. The molecule has 0 saturated carbocycles. The molecule has 0 unspecified atom stereocenters. The van der Waals surface area contributed by atoms with E-state index >= 15 is 0 Å². The van der Waals surface area contributed by atoms with Crippen molar-refractivity contribution in [2.24, 2.45) is 10.2 Å². The summed E-state index contributed by atoms with van der Waals surface area (Å²) in [6.45, 7) is 3.62. The number of hydrogen-bond donors (Lipinski definition) is 2. The van der Waals surface area contributed by atoms with Crippen LogP contribution in [-0.4, -0.2) is 22.6 Å². The molecule has 0 fully saturated rings. The molecule has 2 aromatic carbocycles. The van der Waals surface area contributed by atoms with E-state index in [1.807, 2.05) is 50.2 Å². The van der Waals surface area contributed by atoms with Crippen molar-refractivity contribution in [1.29, 1.82) is 0 Å². The zero-order chi connectivity index (χ0) is 17.1. The third kappa shape index (κ3) is 3.27. The number of aromatic nitrogens is 1. The summed E-state index contributed by atoms with van der Waals surface area (Å²) in [5, 5.41) is 18.2. The smallest absolute Gasteiger partial charge is 0.302 e. The SMILES string of the molecule is Cc1ccc2[nH]c(O)c(N=NC(=O)COc3ccccc3C)c2c1. The maximum absolute atomic E-state index is 11.9. The number of aromatic hydroxyl groups is 1. The van der Waals surface area contributed by atoms with E-state index in [0.29, 0.717) is 11.1 Å². The number of azo groups is 1. The van der Waals surface area contributed by atoms with Crippen LogP contribution in [0.3, 0.4) is 0 Å². The second kappa shape index (κ2) is 6.54. The van der Waals surface area contributed by atoms with E-state index in [0.717, 1.165) is 16.6 Å². The van der Waals surface area contributed by atoms with Crippen molar-refractivity contribution >= 4 is 22.5 Å². The van der Waals surface area contributed by atoms with Crippen molar-refractivity contribution in [3.05, 3.63) is 53.6 Å². The minimum absolute atomic E-state index is 0.119. The van der Waals surface area contributed by atoms with Crippen molar-refractivity contribution < 1.29 is 14.6 Å². The minimum atomic E-state index is -0.528. The second-order valence-electron chi connectivity index (χ2n) is 5.52. The van der Waals surface area contributed by atoms with Gasteiger partial charge >= 0.3 is 5.91 Å². The van der Waals surface area contributed by atoms with Crippen LogP contribution < -0.4 is 4.74 Å². The van der Waals surface area contributed by atoms with Gasteiger partial charge in [-0.1, -0.05) is 29.8 Å². The summed E-state index contributed by atoms with van der Waals surface area (Å²) in [4.78, 5) is 14.7. The van der Waals surface area contributed by atoms with Gasteiger partial charge in [0.25, 0.3) is 0 Å². The molecule has 3 aromatic rings. The predicted octanol–water partition coefficient (Wildman–Crippen LogP) is 4.18.